The van der Waals surface area contributed by atoms with Crippen molar-refractivity contribution >= 4 is 28.3 Å². The van der Waals surface area contributed by atoms with E-state index >= 15 is 0 Å². The second-order valence-corrected chi connectivity index (χ2v) is 7.60. The molecule has 0 aliphatic carbocycles. The summed E-state index contributed by atoms with van der Waals surface area (Å²) in [4.78, 5) is 4.84. The molecule has 0 radical (unpaired) electrons. The standard InChI is InChI=1S/C24H19ClN4/c1-16-7-5-6-8-17(16)11-14-22-27-28-24-26-23(18-9-3-2-4-10-18)20-15-19(25)12-13-21(20)29(22)24/h2-10,12-13,15H,11,14H2,1H3. The molecular formula is C24H19ClN4. The van der Waals surface area contributed by atoms with E-state index in [9.17, 15) is 0 Å². The molecule has 0 N–H and O–H groups in total. The van der Waals surface area contributed by atoms with Gasteiger partial charge in [-0.25, -0.2) is 4.98 Å². The lowest BCUT2D eigenvalue weighted by molar-refractivity contribution is 0.843. The first-order valence-electron chi connectivity index (χ1n) is 9.64. The van der Waals surface area contributed by atoms with Crippen LogP contribution in [0.1, 0.15) is 17.0 Å². The lowest BCUT2D eigenvalue weighted by Crippen LogP contribution is -2.02. The monoisotopic (exact) mass is 398 g/mol. The number of nitrogens with zero attached hydrogens (tertiary/aromatic N) is 4. The van der Waals surface area contributed by atoms with Gasteiger partial charge in [-0.15, -0.1) is 10.2 Å². The van der Waals surface area contributed by atoms with Crippen LogP contribution in [0.25, 0.3) is 27.9 Å². The van der Waals surface area contributed by atoms with Crippen molar-refractivity contribution in [2.24, 2.45) is 0 Å². The third-order valence-electron chi connectivity index (χ3n) is 5.31. The molecule has 142 valence electrons. The molecule has 0 amide bonds. The predicted molar refractivity (Wildman–Crippen MR) is 117 cm³/mol. The number of benzene rings is 3. The summed E-state index contributed by atoms with van der Waals surface area (Å²) >= 11 is 6.33. The second-order valence-electron chi connectivity index (χ2n) is 7.17. The molecule has 29 heavy (non-hydrogen) atoms. The summed E-state index contributed by atoms with van der Waals surface area (Å²) in [5, 5.41) is 10.5. The minimum absolute atomic E-state index is 0.610. The summed E-state index contributed by atoms with van der Waals surface area (Å²) in [6, 6.07) is 24.5. The topological polar surface area (TPSA) is 43.1 Å². The molecule has 2 heterocycles. The Balaban J connectivity index is 1.66. The van der Waals surface area contributed by atoms with Gasteiger partial charge in [0, 0.05) is 22.4 Å². The van der Waals surface area contributed by atoms with Gasteiger partial charge in [-0.3, -0.25) is 4.40 Å². The van der Waals surface area contributed by atoms with Gasteiger partial charge in [-0.1, -0.05) is 66.2 Å². The van der Waals surface area contributed by atoms with Gasteiger partial charge in [0.15, 0.2) is 0 Å². The number of halogens is 1. The molecule has 5 aromatic rings. The first kappa shape index (κ1) is 17.8. The van der Waals surface area contributed by atoms with Crippen molar-refractivity contribution in [3.05, 3.63) is 94.8 Å². The minimum atomic E-state index is 0.610. The van der Waals surface area contributed by atoms with Crippen LogP contribution in [0.3, 0.4) is 0 Å². The molecule has 0 spiro atoms. The Morgan fingerprint density at radius 1 is 0.862 bits per heavy atom. The summed E-state index contributed by atoms with van der Waals surface area (Å²) in [6.07, 6.45) is 1.69. The maximum atomic E-state index is 6.33. The van der Waals surface area contributed by atoms with E-state index in [1.54, 1.807) is 0 Å². The molecule has 0 saturated carbocycles. The molecule has 3 aromatic carbocycles. The highest BCUT2D eigenvalue weighted by Crippen LogP contribution is 2.30. The van der Waals surface area contributed by atoms with E-state index in [-0.39, 0.29) is 0 Å². The Bertz CT molecular complexity index is 1330. The van der Waals surface area contributed by atoms with Crippen molar-refractivity contribution in [3.63, 3.8) is 0 Å². The van der Waals surface area contributed by atoms with Crippen molar-refractivity contribution in [2.75, 3.05) is 0 Å². The fourth-order valence-electron chi connectivity index (χ4n) is 3.79. The molecule has 5 heteroatoms. The van der Waals surface area contributed by atoms with Crippen LogP contribution in [-0.2, 0) is 12.8 Å². The van der Waals surface area contributed by atoms with E-state index in [0.717, 1.165) is 40.8 Å². The Morgan fingerprint density at radius 2 is 1.66 bits per heavy atom. The molecule has 2 aromatic heterocycles. The fourth-order valence-corrected chi connectivity index (χ4v) is 3.97. The van der Waals surface area contributed by atoms with Gasteiger partial charge in [-0.05, 0) is 42.7 Å². The van der Waals surface area contributed by atoms with Crippen molar-refractivity contribution in [2.45, 2.75) is 19.8 Å². The van der Waals surface area contributed by atoms with Crippen LogP contribution < -0.4 is 0 Å². The van der Waals surface area contributed by atoms with E-state index in [1.807, 2.05) is 36.4 Å². The van der Waals surface area contributed by atoms with Crippen LogP contribution in [0.2, 0.25) is 5.02 Å². The van der Waals surface area contributed by atoms with Crippen LogP contribution in [0.15, 0.2) is 72.8 Å². The highest BCUT2D eigenvalue weighted by atomic mass is 35.5. The summed E-state index contributed by atoms with van der Waals surface area (Å²) in [5.74, 6) is 1.51. The van der Waals surface area contributed by atoms with E-state index in [0.29, 0.717) is 10.8 Å². The number of hydrogen-bond donors (Lipinski definition) is 0. The van der Waals surface area contributed by atoms with Gasteiger partial charge in [0.25, 0.3) is 5.78 Å². The van der Waals surface area contributed by atoms with Crippen molar-refractivity contribution < 1.29 is 0 Å². The van der Waals surface area contributed by atoms with Gasteiger partial charge in [-0.2, -0.15) is 0 Å². The number of rotatable bonds is 4. The number of aryl methyl sites for hydroxylation is 3. The average molecular weight is 399 g/mol. The maximum Gasteiger partial charge on any atom is 0.256 e. The first-order chi connectivity index (χ1) is 14.2. The Kier molecular flexibility index (Phi) is 4.49. The third kappa shape index (κ3) is 3.26. The van der Waals surface area contributed by atoms with E-state index in [2.05, 4.69) is 57.9 Å². The van der Waals surface area contributed by atoms with Crippen LogP contribution in [0.4, 0.5) is 0 Å². The van der Waals surface area contributed by atoms with Crippen molar-refractivity contribution in [3.8, 4) is 11.3 Å². The fraction of sp³-hybridized carbons (Fsp3) is 0.125. The highest BCUT2D eigenvalue weighted by Gasteiger charge is 2.15. The Hall–Kier alpha value is -3.24. The zero-order chi connectivity index (χ0) is 19.8. The maximum absolute atomic E-state index is 6.33. The van der Waals surface area contributed by atoms with Gasteiger partial charge in [0.2, 0.25) is 0 Å². The molecule has 0 aliphatic heterocycles. The van der Waals surface area contributed by atoms with Crippen LogP contribution in [-0.4, -0.2) is 19.6 Å². The summed E-state index contributed by atoms with van der Waals surface area (Å²) < 4.78 is 2.05. The van der Waals surface area contributed by atoms with E-state index < -0.39 is 0 Å². The second kappa shape index (κ2) is 7.30. The Labute approximate surface area is 173 Å². The summed E-state index contributed by atoms with van der Waals surface area (Å²) in [6.45, 7) is 2.14. The molecule has 0 unspecified atom stereocenters. The largest absolute Gasteiger partial charge is 0.263 e. The molecule has 0 saturated heterocycles. The lowest BCUT2D eigenvalue weighted by atomic mass is 10.0. The van der Waals surface area contributed by atoms with E-state index in [4.69, 9.17) is 16.6 Å². The zero-order valence-corrected chi connectivity index (χ0v) is 16.8. The molecule has 0 aliphatic rings. The van der Waals surface area contributed by atoms with Gasteiger partial charge >= 0.3 is 0 Å². The summed E-state index contributed by atoms with van der Waals surface area (Å²) in [5.41, 5.74) is 5.54. The van der Waals surface area contributed by atoms with Gasteiger partial charge in [0.1, 0.15) is 5.82 Å². The van der Waals surface area contributed by atoms with Crippen LogP contribution in [0.5, 0.6) is 0 Å². The van der Waals surface area contributed by atoms with Gasteiger partial charge < -0.3 is 0 Å². The summed E-state index contributed by atoms with van der Waals surface area (Å²) in [7, 11) is 0. The van der Waals surface area contributed by atoms with Crippen molar-refractivity contribution in [1.29, 1.82) is 0 Å². The number of fused-ring (bicyclic) bond motifs is 3. The minimum Gasteiger partial charge on any atom is -0.263 e. The molecular weight excluding hydrogens is 380 g/mol. The lowest BCUT2D eigenvalue weighted by Gasteiger charge is -2.10. The predicted octanol–water partition coefficient (Wildman–Crippen LogP) is 5.69. The molecule has 0 atom stereocenters. The van der Waals surface area contributed by atoms with Gasteiger partial charge in [0.05, 0.1) is 11.2 Å². The van der Waals surface area contributed by atoms with Crippen LogP contribution >= 0.6 is 11.6 Å². The van der Waals surface area contributed by atoms with E-state index in [1.165, 1.54) is 11.1 Å². The van der Waals surface area contributed by atoms with Crippen LogP contribution in [0, 0.1) is 6.92 Å². The number of aromatic nitrogens is 4. The normalized spacial score (nSPS) is 11.4. The molecule has 4 nitrogen and oxygen atoms in total. The average Bonchev–Trinajstić information content (AvgIpc) is 3.16. The quantitative estimate of drug-likeness (QED) is 0.390. The Morgan fingerprint density at radius 3 is 2.48 bits per heavy atom. The SMILES string of the molecule is Cc1ccccc1CCc1nnc2nc(-c3ccccc3)c3cc(Cl)ccc3n12. The third-order valence-corrected chi connectivity index (χ3v) is 5.54. The molecule has 0 fully saturated rings. The number of hydrogen-bond acceptors (Lipinski definition) is 3. The highest BCUT2D eigenvalue weighted by molar-refractivity contribution is 6.31. The smallest absolute Gasteiger partial charge is 0.256 e. The molecule has 5 rings (SSSR count). The molecule has 0 bridgehead atoms. The first-order valence-corrected chi connectivity index (χ1v) is 10.0. The zero-order valence-electron chi connectivity index (χ0n) is 16.0. The van der Waals surface area contributed by atoms with Crippen molar-refractivity contribution in [1.82, 2.24) is 19.6 Å².